The molecule has 0 radical (unpaired) electrons. The summed E-state index contributed by atoms with van der Waals surface area (Å²) in [4.78, 5) is 20.0. The molecule has 0 saturated heterocycles. The van der Waals surface area contributed by atoms with Crippen molar-refractivity contribution in [3.63, 3.8) is 0 Å². The van der Waals surface area contributed by atoms with Crippen molar-refractivity contribution >= 4 is 11.9 Å². The Balaban J connectivity index is -0.000000193. The van der Waals surface area contributed by atoms with E-state index < -0.39 is 5.97 Å². The van der Waals surface area contributed by atoms with Crippen molar-refractivity contribution in [2.45, 2.75) is 47.1 Å². The molecular weight excluding hydrogens is 220 g/mol. The van der Waals surface area contributed by atoms with Crippen LogP contribution < -0.4 is 0 Å². The van der Waals surface area contributed by atoms with Crippen LogP contribution in [-0.2, 0) is 14.3 Å². The number of esters is 1. The Bertz CT molecular complexity index is 230. The van der Waals surface area contributed by atoms with E-state index in [1.54, 1.807) is 13.0 Å². The number of carbonyl (C=O) groups excluding carboxylic acids is 1. The van der Waals surface area contributed by atoms with Gasteiger partial charge in [-0.05, 0) is 27.7 Å². The van der Waals surface area contributed by atoms with E-state index in [4.69, 9.17) is 9.84 Å². The highest BCUT2D eigenvalue weighted by Crippen LogP contribution is 1.90. The molecule has 0 atom stereocenters. The first-order valence-electron chi connectivity index (χ1n) is 5.38. The van der Waals surface area contributed by atoms with Gasteiger partial charge in [-0.1, -0.05) is 19.6 Å². The molecule has 0 amide bonds. The average Bonchev–Trinajstić information content (AvgIpc) is 2.18. The molecule has 0 aromatic heterocycles. The van der Waals surface area contributed by atoms with Crippen LogP contribution in [0.25, 0.3) is 0 Å². The SMILES string of the molecule is C=C(C)C(=O)O.C=CC.CCC(=O)OC(C)C. The summed E-state index contributed by atoms with van der Waals surface area (Å²) >= 11 is 0. The highest BCUT2D eigenvalue weighted by molar-refractivity contribution is 5.84. The maximum atomic E-state index is 10.4. The van der Waals surface area contributed by atoms with E-state index in [9.17, 15) is 9.59 Å². The van der Waals surface area contributed by atoms with Crippen molar-refractivity contribution < 1.29 is 19.4 Å². The van der Waals surface area contributed by atoms with Crippen LogP contribution in [0.5, 0.6) is 0 Å². The van der Waals surface area contributed by atoms with E-state index in [2.05, 4.69) is 13.2 Å². The molecule has 0 aliphatic rings. The van der Waals surface area contributed by atoms with Crippen LogP contribution in [0.4, 0.5) is 0 Å². The van der Waals surface area contributed by atoms with Crippen LogP contribution in [-0.4, -0.2) is 23.1 Å². The number of carboxylic acid groups (broad SMARTS) is 1. The van der Waals surface area contributed by atoms with Gasteiger partial charge in [-0.2, -0.15) is 0 Å². The lowest BCUT2D eigenvalue weighted by molar-refractivity contribution is -0.147. The van der Waals surface area contributed by atoms with Crippen LogP contribution in [0.15, 0.2) is 24.8 Å². The molecule has 0 spiro atoms. The monoisotopic (exact) mass is 244 g/mol. The lowest BCUT2D eigenvalue weighted by Crippen LogP contribution is -2.09. The largest absolute Gasteiger partial charge is 0.478 e. The zero-order valence-corrected chi connectivity index (χ0v) is 11.4. The number of aliphatic carboxylic acids is 1. The van der Waals surface area contributed by atoms with Gasteiger partial charge in [0.2, 0.25) is 0 Å². The lowest BCUT2D eigenvalue weighted by atomic mass is 10.4. The molecule has 4 heteroatoms. The van der Waals surface area contributed by atoms with Crippen molar-refractivity contribution in [3.8, 4) is 0 Å². The van der Waals surface area contributed by atoms with Crippen molar-refractivity contribution in [2.75, 3.05) is 0 Å². The molecule has 1 N–H and O–H groups in total. The number of allylic oxidation sites excluding steroid dienone is 1. The second-order valence-corrected chi connectivity index (χ2v) is 3.39. The molecular formula is C13H24O4. The van der Waals surface area contributed by atoms with Gasteiger partial charge < -0.3 is 9.84 Å². The predicted octanol–water partition coefficient (Wildman–Crippen LogP) is 3.19. The molecule has 0 fully saturated rings. The highest BCUT2D eigenvalue weighted by atomic mass is 16.5. The molecule has 0 saturated carbocycles. The Kier molecular flexibility index (Phi) is 17.6. The Morgan fingerprint density at radius 1 is 1.41 bits per heavy atom. The van der Waals surface area contributed by atoms with Gasteiger partial charge in [0.05, 0.1) is 6.10 Å². The first kappa shape index (κ1) is 20.8. The van der Waals surface area contributed by atoms with E-state index in [-0.39, 0.29) is 17.6 Å². The fourth-order valence-corrected chi connectivity index (χ4v) is 0.346. The van der Waals surface area contributed by atoms with Gasteiger partial charge in [0, 0.05) is 12.0 Å². The maximum Gasteiger partial charge on any atom is 0.330 e. The number of hydrogen-bond donors (Lipinski definition) is 1. The van der Waals surface area contributed by atoms with Gasteiger partial charge in [0.25, 0.3) is 0 Å². The molecule has 0 rings (SSSR count). The summed E-state index contributed by atoms with van der Waals surface area (Å²) in [6, 6.07) is 0. The number of hydrogen-bond acceptors (Lipinski definition) is 3. The molecule has 17 heavy (non-hydrogen) atoms. The van der Waals surface area contributed by atoms with Gasteiger partial charge in [-0.25, -0.2) is 4.79 Å². The summed E-state index contributed by atoms with van der Waals surface area (Å²) in [5, 5.41) is 7.89. The van der Waals surface area contributed by atoms with Crippen molar-refractivity contribution in [1.82, 2.24) is 0 Å². The Morgan fingerprint density at radius 2 is 1.71 bits per heavy atom. The summed E-state index contributed by atoms with van der Waals surface area (Å²) in [5.74, 6) is -1.06. The van der Waals surface area contributed by atoms with Crippen LogP contribution >= 0.6 is 0 Å². The molecule has 0 unspecified atom stereocenters. The predicted molar refractivity (Wildman–Crippen MR) is 69.8 cm³/mol. The minimum atomic E-state index is -0.935. The fourth-order valence-electron chi connectivity index (χ4n) is 0.346. The minimum Gasteiger partial charge on any atom is -0.478 e. The Hall–Kier alpha value is -1.58. The molecule has 4 nitrogen and oxygen atoms in total. The smallest absolute Gasteiger partial charge is 0.330 e. The summed E-state index contributed by atoms with van der Waals surface area (Å²) in [6.45, 7) is 15.3. The van der Waals surface area contributed by atoms with Crippen LogP contribution in [0.3, 0.4) is 0 Å². The average molecular weight is 244 g/mol. The summed E-state index contributed by atoms with van der Waals surface area (Å²) < 4.78 is 4.76. The number of ether oxygens (including phenoxy) is 1. The van der Waals surface area contributed by atoms with E-state index in [0.29, 0.717) is 6.42 Å². The summed E-state index contributed by atoms with van der Waals surface area (Å²) in [5.41, 5.74) is 0.176. The zero-order chi connectivity index (χ0) is 14.4. The van der Waals surface area contributed by atoms with Crippen LogP contribution in [0.2, 0.25) is 0 Å². The summed E-state index contributed by atoms with van der Waals surface area (Å²) in [7, 11) is 0. The van der Waals surface area contributed by atoms with Crippen molar-refractivity contribution in [3.05, 3.63) is 24.8 Å². The molecule has 100 valence electrons. The quantitative estimate of drug-likeness (QED) is 0.470. The normalized spacial score (nSPS) is 7.88. The molecule has 0 aliphatic carbocycles. The van der Waals surface area contributed by atoms with Crippen LogP contribution in [0, 0.1) is 0 Å². The van der Waals surface area contributed by atoms with E-state index in [1.165, 1.54) is 6.92 Å². The third-order valence-corrected chi connectivity index (χ3v) is 1.02. The minimum absolute atomic E-state index is 0.0300. The highest BCUT2D eigenvalue weighted by Gasteiger charge is 1.98. The third-order valence-electron chi connectivity index (χ3n) is 1.02. The second kappa shape index (κ2) is 14.4. The number of rotatable bonds is 3. The van der Waals surface area contributed by atoms with Gasteiger partial charge in [0.15, 0.2) is 0 Å². The topological polar surface area (TPSA) is 63.6 Å². The number of carbonyl (C=O) groups is 2. The van der Waals surface area contributed by atoms with Crippen molar-refractivity contribution in [1.29, 1.82) is 0 Å². The van der Waals surface area contributed by atoms with Gasteiger partial charge >= 0.3 is 11.9 Å². The molecule has 0 heterocycles. The maximum absolute atomic E-state index is 10.4. The van der Waals surface area contributed by atoms with Crippen molar-refractivity contribution in [2.24, 2.45) is 0 Å². The summed E-state index contributed by atoms with van der Waals surface area (Å²) in [6.07, 6.45) is 2.25. The number of carboxylic acids is 1. The Labute approximate surface area is 104 Å². The Morgan fingerprint density at radius 3 is 1.76 bits per heavy atom. The van der Waals surface area contributed by atoms with Gasteiger partial charge in [-0.15, -0.1) is 6.58 Å². The molecule has 0 aromatic carbocycles. The lowest BCUT2D eigenvalue weighted by Gasteiger charge is -2.04. The third kappa shape index (κ3) is 31.4. The first-order valence-corrected chi connectivity index (χ1v) is 5.38. The standard InChI is InChI=1S/C6H12O2.C4H6O2.C3H6/c1-4-6(7)8-5(2)3;1-3(2)4(5)6;1-3-2/h5H,4H2,1-3H3;1H2,2H3,(H,5,6);3H,1H2,2H3. The first-order chi connectivity index (χ1) is 7.72. The molecule has 0 aromatic rings. The van der Waals surface area contributed by atoms with E-state index in [1.807, 2.05) is 20.8 Å². The fraction of sp³-hybridized carbons (Fsp3) is 0.538. The van der Waals surface area contributed by atoms with E-state index in [0.717, 1.165) is 0 Å². The zero-order valence-electron chi connectivity index (χ0n) is 11.4. The molecule has 0 aliphatic heterocycles. The van der Waals surface area contributed by atoms with Crippen LogP contribution in [0.1, 0.15) is 41.0 Å². The molecule has 0 bridgehead atoms. The second-order valence-electron chi connectivity index (χ2n) is 3.39. The van der Waals surface area contributed by atoms with Gasteiger partial charge in [0.1, 0.15) is 0 Å². The van der Waals surface area contributed by atoms with Gasteiger partial charge in [-0.3, -0.25) is 4.79 Å². The van der Waals surface area contributed by atoms with E-state index >= 15 is 0 Å².